The Hall–Kier alpha value is 0.690. The van der Waals surface area contributed by atoms with Gasteiger partial charge in [0.25, 0.3) is 0 Å². The van der Waals surface area contributed by atoms with Gasteiger partial charge in [-0.15, -0.1) is 0 Å². The fourth-order valence-electron chi connectivity index (χ4n) is 1.76. The maximum absolute atomic E-state index is 2.59. The molecule has 2 heteroatoms. The zero-order valence-corrected chi connectivity index (χ0v) is 12.1. The summed E-state index contributed by atoms with van der Waals surface area (Å²) in [5.74, 6) is 0. The normalized spacial score (nSPS) is 15.5. The first-order valence-corrected chi connectivity index (χ1v) is 6.68. The molecule has 0 bridgehead atoms. The van der Waals surface area contributed by atoms with E-state index in [1.54, 1.807) is 0 Å². The minimum atomic E-state index is 0.390. The highest BCUT2D eigenvalue weighted by molar-refractivity contribution is 14.1. The van der Waals surface area contributed by atoms with E-state index < -0.39 is 0 Å². The van der Waals surface area contributed by atoms with E-state index >= 15 is 0 Å². The maximum atomic E-state index is 2.59. The van der Waals surface area contributed by atoms with Gasteiger partial charge in [-0.25, -0.2) is 0 Å². The Labute approximate surface area is 97.4 Å². The second kappa shape index (κ2) is 5.54. The molecule has 0 aromatic rings. The molecule has 0 heterocycles. The fraction of sp³-hybridized carbons (Fsp3) is 1.00. The average molecular weight is 297 g/mol. The third-order valence-electron chi connectivity index (χ3n) is 2.57. The second-order valence-electron chi connectivity index (χ2n) is 4.96. The SMILES string of the molecule is CCN(C(C)C)C(CI)C(C)(C)C. The molecule has 1 atom stereocenters. The van der Waals surface area contributed by atoms with Crippen molar-refractivity contribution in [1.82, 2.24) is 4.90 Å². The lowest BCUT2D eigenvalue weighted by Crippen LogP contribution is -2.48. The molecule has 0 aromatic carbocycles. The quantitative estimate of drug-likeness (QED) is 0.566. The summed E-state index contributed by atoms with van der Waals surface area (Å²) in [6, 6.07) is 1.35. The summed E-state index contributed by atoms with van der Waals surface area (Å²) in [5, 5.41) is 0. The summed E-state index contributed by atoms with van der Waals surface area (Å²) < 4.78 is 1.22. The van der Waals surface area contributed by atoms with Crippen molar-refractivity contribution >= 4 is 22.6 Å². The molecule has 0 fully saturated rings. The topological polar surface area (TPSA) is 3.24 Å². The first-order valence-electron chi connectivity index (χ1n) is 5.16. The Bertz CT molecular complexity index is 138. The maximum Gasteiger partial charge on any atom is 0.0236 e. The third-order valence-corrected chi connectivity index (χ3v) is 3.41. The highest BCUT2D eigenvalue weighted by Gasteiger charge is 2.29. The first kappa shape index (κ1) is 13.7. The molecule has 0 N–H and O–H groups in total. The van der Waals surface area contributed by atoms with E-state index in [-0.39, 0.29) is 0 Å². The van der Waals surface area contributed by atoms with Crippen LogP contribution in [0.3, 0.4) is 0 Å². The molecule has 80 valence electrons. The summed E-state index contributed by atoms with van der Waals surface area (Å²) >= 11 is 2.50. The van der Waals surface area contributed by atoms with Crippen LogP contribution in [0.4, 0.5) is 0 Å². The summed E-state index contributed by atoms with van der Waals surface area (Å²) in [7, 11) is 0. The smallest absolute Gasteiger partial charge is 0.0236 e. The minimum absolute atomic E-state index is 0.390. The molecule has 0 saturated heterocycles. The Kier molecular flexibility index (Phi) is 5.84. The van der Waals surface area contributed by atoms with E-state index in [1.165, 1.54) is 4.43 Å². The fourth-order valence-corrected chi connectivity index (χ4v) is 3.59. The molecule has 0 amide bonds. The van der Waals surface area contributed by atoms with Gasteiger partial charge in [-0.2, -0.15) is 0 Å². The molecule has 0 aliphatic heterocycles. The summed E-state index contributed by atoms with van der Waals surface area (Å²) in [6.45, 7) is 15.0. The molecule has 0 rings (SSSR count). The standard InChI is InChI=1S/C11H24IN/c1-7-13(9(2)3)10(8-12)11(4,5)6/h9-10H,7-8H2,1-6H3. The number of alkyl halides is 1. The van der Waals surface area contributed by atoms with Gasteiger partial charge in [0.15, 0.2) is 0 Å². The van der Waals surface area contributed by atoms with Gasteiger partial charge in [0.1, 0.15) is 0 Å². The van der Waals surface area contributed by atoms with E-state index in [9.17, 15) is 0 Å². The molecule has 1 unspecified atom stereocenters. The number of rotatable bonds is 4. The Morgan fingerprint density at radius 2 is 1.69 bits per heavy atom. The van der Waals surface area contributed by atoms with Gasteiger partial charge in [-0.3, -0.25) is 4.90 Å². The van der Waals surface area contributed by atoms with Crippen LogP contribution in [0.5, 0.6) is 0 Å². The van der Waals surface area contributed by atoms with Gasteiger partial charge >= 0.3 is 0 Å². The molecule has 0 saturated carbocycles. The van der Waals surface area contributed by atoms with Crippen LogP contribution in [-0.2, 0) is 0 Å². The predicted octanol–water partition coefficient (Wildman–Crippen LogP) is 3.57. The number of nitrogens with zero attached hydrogens (tertiary/aromatic N) is 1. The molecule has 0 aromatic heterocycles. The first-order chi connectivity index (χ1) is 5.84. The zero-order chi connectivity index (χ0) is 10.6. The van der Waals surface area contributed by atoms with Crippen molar-refractivity contribution in [3.8, 4) is 0 Å². The van der Waals surface area contributed by atoms with E-state index in [0.717, 1.165) is 6.54 Å². The average Bonchev–Trinajstić information content (AvgIpc) is 1.96. The predicted molar refractivity (Wildman–Crippen MR) is 69.6 cm³/mol. The Balaban J connectivity index is 4.53. The van der Waals surface area contributed by atoms with Crippen molar-refractivity contribution in [1.29, 1.82) is 0 Å². The lowest BCUT2D eigenvalue weighted by Gasteiger charge is -2.41. The third kappa shape index (κ3) is 4.15. The van der Waals surface area contributed by atoms with Crippen LogP contribution in [-0.4, -0.2) is 28.0 Å². The largest absolute Gasteiger partial charge is 0.297 e. The number of halogens is 1. The highest BCUT2D eigenvalue weighted by atomic mass is 127. The van der Waals surface area contributed by atoms with Crippen molar-refractivity contribution < 1.29 is 0 Å². The van der Waals surface area contributed by atoms with Gasteiger partial charge in [0.2, 0.25) is 0 Å². The van der Waals surface area contributed by atoms with Crippen LogP contribution < -0.4 is 0 Å². The molecule has 0 radical (unpaired) electrons. The van der Waals surface area contributed by atoms with Crippen LogP contribution in [0.1, 0.15) is 41.5 Å². The molecule has 1 nitrogen and oxygen atoms in total. The Morgan fingerprint density at radius 3 is 1.77 bits per heavy atom. The van der Waals surface area contributed by atoms with E-state index in [1.807, 2.05) is 0 Å². The van der Waals surface area contributed by atoms with Crippen LogP contribution in [0.15, 0.2) is 0 Å². The molecule has 0 aliphatic rings. The van der Waals surface area contributed by atoms with Gasteiger partial charge in [0, 0.05) is 16.5 Å². The minimum Gasteiger partial charge on any atom is -0.297 e. The van der Waals surface area contributed by atoms with Crippen LogP contribution in [0.25, 0.3) is 0 Å². The van der Waals surface area contributed by atoms with Crippen LogP contribution >= 0.6 is 22.6 Å². The monoisotopic (exact) mass is 297 g/mol. The second-order valence-corrected chi connectivity index (χ2v) is 5.84. The lowest BCUT2D eigenvalue weighted by molar-refractivity contribution is 0.0944. The molecule has 0 spiro atoms. The summed E-state index contributed by atoms with van der Waals surface area (Å²) in [5.41, 5.74) is 0.390. The van der Waals surface area contributed by atoms with Crippen molar-refractivity contribution in [2.45, 2.75) is 53.6 Å². The van der Waals surface area contributed by atoms with Gasteiger partial charge < -0.3 is 0 Å². The summed E-state index contributed by atoms with van der Waals surface area (Å²) in [6.07, 6.45) is 0. The van der Waals surface area contributed by atoms with Crippen molar-refractivity contribution in [3.63, 3.8) is 0 Å². The Morgan fingerprint density at radius 1 is 1.23 bits per heavy atom. The van der Waals surface area contributed by atoms with Crippen LogP contribution in [0, 0.1) is 5.41 Å². The van der Waals surface area contributed by atoms with Crippen molar-refractivity contribution in [3.05, 3.63) is 0 Å². The van der Waals surface area contributed by atoms with Gasteiger partial charge in [-0.1, -0.05) is 50.3 Å². The lowest BCUT2D eigenvalue weighted by atomic mass is 9.86. The zero-order valence-electron chi connectivity index (χ0n) is 9.89. The number of hydrogen-bond donors (Lipinski definition) is 0. The van der Waals surface area contributed by atoms with E-state index in [2.05, 4.69) is 69.0 Å². The van der Waals surface area contributed by atoms with Gasteiger partial charge in [-0.05, 0) is 25.8 Å². The van der Waals surface area contributed by atoms with E-state index in [0.29, 0.717) is 17.5 Å². The molecular weight excluding hydrogens is 273 g/mol. The number of hydrogen-bond acceptors (Lipinski definition) is 1. The van der Waals surface area contributed by atoms with Gasteiger partial charge in [0.05, 0.1) is 0 Å². The van der Waals surface area contributed by atoms with Crippen LogP contribution in [0.2, 0.25) is 0 Å². The van der Waals surface area contributed by atoms with E-state index in [4.69, 9.17) is 0 Å². The molecular formula is C11H24IN. The molecule has 13 heavy (non-hydrogen) atoms. The summed E-state index contributed by atoms with van der Waals surface area (Å²) in [4.78, 5) is 2.59. The molecule has 0 aliphatic carbocycles. The van der Waals surface area contributed by atoms with Crippen molar-refractivity contribution in [2.75, 3.05) is 11.0 Å². The van der Waals surface area contributed by atoms with Crippen molar-refractivity contribution in [2.24, 2.45) is 5.41 Å². The highest BCUT2D eigenvalue weighted by Crippen LogP contribution is 2.27.